The molecule has 0 spiro atoms. The second-order valence-electron chi connectivity index (χ2n) is 3.75. The number of phenolic OH excluding ortho intramolecular Hbond substituents is 2. The van der Waals surface area contributed by atoms with Gasteiger partial charge in [0.05, 0.1) is 16.9 Å². The van der Waals surface area contributed by atoms with Gasteiger partial charge in [-0.25, -0.2) is 0 Å². The molecular weight excluding hydrogens is 369 g/mol. The van der Waals surface area contributed by atoms with E-state index in [2.05, 4.69) is 12.5 Å². The molecule has 0 aromatic heterocycles. The SMILES string of the molecule is CSC1=C(SC)SC(=C2Sc3cc(O)c(O)cc3S2)S1. The lowest BCUT2D eigenvalue weighted by atomic mass is 10.3. The third kappa shape index (κ3) is 2.83. The molecule has 0 saturated carbocycles. The molecule has 2 aliphatic heterocycles. The highest BCUT2D eigenvalue weighted by atomic mass is 32.3. The summed E-state index contributed by atoms with van der Waals surface area (Å²) in [5.41, 5.74) is 0. The summed E-state index contributed by atoms with van der Waals surface area (Å²) in [6.07, 6.45) is 4.21. The Bertz CT molecular complexity index is 586. The Morgan fingerprint density at radius 2 is 1.15 bits per heavy atom. The first-order chi connectivity index (χ1) is 9.62. The lowest BCUT2D eigenvalue weighted by molar-refractivity contribution is 0.401. The number of fused-ring (bicyclic) bond motifs is 1. The molecule has 3 rings (SSSR count). The molecule has 106 valence electrons. The van der Waals surface area contributed by atoms with Crippen molar-refractivity contribution in [2.24, 2.45) is 0 Å². The second-order valence-corrected chi connectivity index (χ2v) is 10.6. The van der Waals surface area contributed by atoms with E-state index in [1.807, 2.05) is 23.5 Å². The fraction of sp³-hybridized carbons (Fsp3) is 0.167. The van der Waals surface area contributed by atoms with Crippen LogP contribution in [0.15, 0.2) is 38.9 Å². The number of phenols is 2. The van der Waals surface area contributed by atoms with Gasteiger partial charge in [-0.15, -0.1) is 23.5 Å². The van der Waals surface area contributed by atoms with Crippen molar-refractivity contribution in [2.45, 2.75) is 9.79 Å². The second kappa shape index (κ2) is 6.26. The summed E-state index contributed by atoms with van der Waals surface area (Å²) in [5.74, 6) is -0.106. The van der Waals surface area contributed by atoms with Crippen LogP contribution < -0.4 is 0 Å². The van der Waals surface area contributed by atoms with Crippen molar-refractivity contribution in [3.05, 3.63) is 29.1 Å². The van der Waals surface area contributed by atoms with E-state index in [1.165, 1.54) is 16.9 Å². The zero-order valence-electron chi connectivity index (χ0n) is 10.5. The highest BCUT2D eigenvalue weighted by molar-refractivity contribution is 8.41. The van der Waals surface area contributed by atoms with Crippen LogP contribution in [-0.2, 0) is 0 Å². The van der Waals surface area contributed by atoms with Crippen LogP contribution in [0.2, 0.25) is 0 Å². The van der Waals surface area contributed by atoms with Crippen molar-refractivity contribution < 1.29 is 10.2 Å². The molecular formula is C12H10O2S6. The highest BCUT2D eigenvalue weighted by Crippen LogP contribution is 2.64. The molecule has 1 aromatic rings. The zero-order chi connectivity index (χ0) is 14.3. The molecule has 1 aromatic carbocycles. The average molecular weight is 379 g/mol. The molecule has 2 aliphatic rings. The Balaban J connectivity index is 1.88. The van der Waals surface area contributed by atoms with Crippen LogP contribution in [0.1, 0.15) is 0 Å². The largest absolute Gasteiger partial charge is 0.504 e. The van der Waals surface area contributed by atoms with Crippen molar-refractivity contribution >= 4 is 70.6 Å². The maximum atomic E-state index is 9.58. The molecule has 0 radical (unpaired) electrons. The fourth-order valence-electron chi connectivity index (χ4n) is 1.61. The summed E-state index contributed by atoms with van der Waals surface area (Å²) in [6.45, 7) is 0. The minimum absolute atomic E-state index is 0.0532. The molecule has 0 atom stereocenters. The fourth-order valence-corrected chi connectivity index (χ4v) is 9.44. The van der Waals surface area contributed by atoms with Gasteiger partial charge in [0.2, 0.25) is 0 Å². The first-order valence-electron chi connectivity index (χ1n) is 5.46. The van der Waals surface area contributed by atoms with Gasteiger partial charge in [0.25, 0.3) is 0 Å². The molecule has 0 aliphatic carbocycles. The Kier molecular flexibility index (Phi) is 4.79. The highest BCUT2D eigenvalue weighted by Gasteiger charge is 2.28. The van der Waals surface area contributed by atoms with E-state index in [0.717, 1.165) is 9.79 Å². The molecule has 2 heterocycles. The number of rotatable bonds is 2. The molecule has 0 unspecified atom stereocenters. The summed E-state index contributed by atoms with van der Waals surface area (Å²) in [7, 11) is 0. The normalized spacial score (nSPS) is 18.1. The standard InChI is InChI=1S/C12H10O2S6/c1-15-9-10(16-2)20-12(19-9)11-17-7-3-5(13)6(14)4-8(7)18-11/h3-4,13-14H,1-2H3. The molecule has 0 amide bonds. The van der Waals surface area contributed by atoms with Crippen LogP contribution in [-0.4, -0.2) is 22.7 Å². The van der Waals surface area contributed by atoms with Gasteiger partial charge < -0.3 is 10.2 Å². The number of thioether (sulfide) groups is 6. The van der Waals surface area contributed by atoms with Crippen LogP contribution in [0.25, 0.3) is 0 Å². The molecule has 0 bridgehead atoms. The third-order valence-electron chi connectivity index (χ3n) is 2.52. The number of aromatic hydroxyl groups is 2. The molecule has 0 fully saturated rings. The lowest BCUT2D eigenvalue weighted by Crippen LogP contribution is -1.72. The van der Waals surface area contributed by atoms with Gasteiger partial charge in [-0.3, -0.25) is 0 Å². The molecule has 20 heavy (non-hydrogen) atoms. The first-order valence-corrected chi connectivity index (χ1v) is 11.2. The van der Waals surface area contributed by atoms with Gasteiger partial charge in [0, 0.05) is 9.79 Å². The van der Waals surface area contributed by atoms with Crippen LogP contribution in [0.3, 0.4) is 0 Å². The van der Waals surface area contributed by atoms with E-state index < -0.39 is 0 Å². The number of benzene rings is 1. The van der Waals surface area contributed by atoms with E-state index in [4.69, 9.17) is 0 Å². The molecule has 2 N–H and O–H groups in total. The first kappa shape index (κ1) is 15.3. The summed E-state index contributed by atoms with van der Waals surface area (Å²) in [6, 6.07) is 3.27. The van der Waals surface area contributed by atoms with Crippen LogP contribution in [0.5, 0.6) is 11.5 Å². The van der Waals surface area contributed by atoms with E-state index in [0.29, 0.717) is 0 Å². The average Bonchev–Trinajstić information content (AvgIpc) is 3.02. The predicted octanol–water partition coefficient (Wildman–Crippen LogP) is 5.75. The van der Waals surface area contributed by atoms with Crippen molar-refractivity contribution in [3.63, 3.8) is 0 Å². The molecule has 8 heteroatoms. The van der Waals surface area contributed by atoms with Crippen molar-refractivity contribution in [3.8, 4) is 11.5 Å². The molecule has 2 nitrogen and oxygen atoms in total. The minimum atomic E-state index is -0.0532. The van der Waals surface area contributed by atoms with Gasteiger partial charge in [-0.2, -0.15) is 0 Å². The van der Waals surface area contributed by atoms with Gasteiger partial charge in [0.15, 0.2) is 11.5 Å². The Hall–Kier alpha value is 0.400. The lowest BCUT2D eigenvalue weighted by Gasteiger charge is -2.00. The van der Waals surface area contributed by atoms with Crippen LogP contribution in [0, 0.1) is 0 Å². The van der Waals surface area contributed by atoms with E-state index in [-0.39, 0.29) is 11.5 Å². The quantitative estimate of drug-likeness (QED) is 0.630. The van der Waals surface area contributed by atoms with Crippen LogP contribution >= 0.6 is 70.6 Å². The number of hydrogen-bond donors (Lipinski definition) is 2. The smallest absolute Gasteiger partial charge is 0.158 e. The summed E-state index contributed by atoms with van der Waals surface area (Å²) >= 11 is 10.5. The zero-order valence-corrected chi connectivity index (χ0v) is 15.4. The van der Waals surface area contributed by atoms with E-state index in [1.54, 1.807) is 59.2 Å². The van der Waals surface area contributed by atoms with E-state index >= 15 is 0 Å². The summed E-state index contributed by atoms with van der Waals surface area (Å²) < 4.78 is 5.24. The van der Waals surface area contributed by atoms with Crippen molar-refractivity contribution in [1.29, 1.82) is 0 Å². The van der Waals surface area contributed by atoms with E-state index in [9.17, 15) is 10.2 Å². The summed E-state index contributed by atoms with van der Waals surface area (Å²) in [4.78, 5) is 2.02. The van der Waals surface area contributed by atoms with Crippen LogP contribution in [0.4, 0.5) is 0 Å². The third-order valence-corrected chi connectivity index (χ3v) is 10.8. The van der Waals surface area contributed by atoms with Gasteiger partial charge in [-0.05, 0) is 24.6 Å². The monoisotopic (exact) mass is 378 g/mol. The Morgan fingerprint density at radius 3 is 1.55 bits per heavy atom. The topological polar surface area (TPSA) is 40.5 Å². The minimum Gasteiger partial charge on any atom is -0.504 e. The Labute approximate surface area is 143 Å². The predicted molar refractivity (Wildman–Crippen MR) is 97.7 cm³/mol. The molecule has 0 saturated heterocycles. The summed E-state index contributed by atoms with van der Waals surface area (Å²) in [5, 5.41) is 19.2. The maximum absolute atomic E-state index is 9.58. The van der Waals surface area contributed by atoms with Gasteiger partial charge in [-0.1, -0.05) is 47.0 Å². The van der Waals surface area contributed by atoms with Gasteiger partial charge in [0.1, 0.15) is 0 Å². The van der Waals surface area contributed by atoms with Gasteiger partial charge >= 0.3 is 0 Å². The Morgan fingerprint density at radius 1 is 0.750 bits per heavy atom. The van der Waals surface area contributed by atoms with Crippen molar-refractivity contribution in [1.82, 2.24) is 0 Å². The van der Waals surface area contributed by atoms with Crippen molar-refractivity contribution in [2.75, 3.05) is 12.5 Å². The maximum Gasteiger partial charge on any atom is 0.158 e. The number of hydrogen-bond acceptors (Lipinski definition) is 8.